The van der Waals surface area contributed by atoms with E-state index in [2.05, 4.69) is 24.1 Å². The van der Waals surface area contributed by atoms with Crippen molar-refractivity contribution in [3.8, 4) is 0 Å². The molecule has 0 radical (unpaired) electrons. The van der Waals surface area contributed by atoms with Crippen LogP contribution in [0.1, 0.15) is 20.8 Å². The van der Waals surface area contributed by atoms with Crippen LogP contribution < -0.4 is 5.32 Å². The highest BCUT2D eigenvalue weighted by Crippen LogP contribution is 2.13. The maximum atomic E-state index is 5.43. The van der Waals surface area contributed by atoms with Gasteiger partial charge in [-0.15, -0.1) is 0 Å². The SMILES string of the molecule is CCOC1=CNC=CN1C(C)C. The standard InChI is InChI=1S/C9H16N2O/c1-4-12-9-7-10-5-6-11(9)8(2)3/h5-8,10H,4H2,1-3H3. The molecule has 0 aromatic rings. The van der Waals surface area contributed by atoms with Crippen LogP contribution in [0.25, 0.3) is 0 Å². The summed E-state index contributed by atoms with van der Waals surface area (Å²) in [5.41, 5.74) is 0. The van der Waals surface area contributed by atoms with Gasteiger partial charge in [-0.05, 0) is 20.8 Å². The molecule has 0 saturated heterocycles. The maximum absolute atomic E-state index is 5.43. The summed E-state index contributed by atoms with van der Waals surface area (Å²) >= 11 is 0. The van der Waals surface area contributed by atoms with Gasteiger partial charge in [0, 0.05) is 18.4 Å². The zero-order valence-corrected chi connectivity index (χ0v) is 7.87. The molecule has 1 N–H and O–H groups in total. The van der Waals surface area contributed by atoms with Gasteiger partial charge in [0.15, 0.2) is 0 Å². The Morgan fingerprint density at radius 1 is 1.58 bits per heavy atom. The molecule has 1 heterocycles. The second-order valence-electron chi connectivity index (χ2n) is 2.90. The molecule has 0 unspecified atom stereocenters. The van der Waals surface area contributed by atoms with E-state index in [0.29, 0.717) is 12.6 Å². The van der Waals surface area contributed by atoms with Gasteiger partial charge in [-0.25, -0.2) is 0 Å². The van der Waals surface area contributed by atoms with Gasteiger partial charge in [0.05, 0.1) is 12.8 Å². The fraction of sp³-hybridized carbons (Fsp3) is 0.556. The van der Waals surface area contributed by atoms with Crippen LogP contribution in [0.2, 0.25) is 0 Å². The van der Waals surface area contributed by atoms with Crippen LogP contribution in [0.4, 0.5) is 0 Å². The summed E-state index contributed by atoms with van der Waals surface area (Å²) in [4.78, 5) is 2.08. The summed E-state index contributed by atoms with van der Waals surface area (Å²) in [7, 11) is 0. The second kappa shape index (κ2) is 4.04. The van der Waals surface area contributed by atoms with Crippen LogP contribution >= 0.6 is 0 Å². The van der Waals surface area contributed by atoms with Gasteiger partial charge < -0.3 is 15.0 Å². The molecule has 0 aromatic carbocycles. The predicted octanol–water partition coefficient (Wildman–Crippen LogP) is 1.61. The zero-order chi connectivity index (χ0) is 8.97. The molecule has 0 aliphatic carbocycles. The molecule has 0 atom stereocenters. The first kappa shape index (κ1) is 8.97. The summed E-state index contributed by atoms with van der Waals surface area (Å²) < 4.78 is 5.43. The third-order valence-corrected chi connectivity index (χ3v) is 1.64. The van der Waals surface area contributed by atoms with Crippen molar-refractivity contribution in [3.05, 3.63) is 24.5 Å². The lowest BCUT2D eigenvalue weighted by molar-refractivity contribution is 0.128. The first-order chi connectivity index (χ1) is 5.75. The van der Waals surface area contributed by atoms with Crippen molar-refractivity contribution in [2.75, 3.05) is 6.61 Å². The van der Waals surface area contributed by atoms with E-state index in [1.54, 1.807) is 0 Å². The molecule has 3 heteroatoms. The molecule has 1 aliphatic heterocycles. The van der Waals surface area contributed by atoms with Gasteiger partial charge in [0.25, 0.3) is 0 Å². The second-order valence-corrected chi connectivity index (χ2v) is 2.90. The van der Waals surface area contributed by atoms with Crippen LogP contribution in [0.15, 0.2) is 24.5 Å². The third kappa shape index (κ3) is 1.94. The molecule has 3 nitrogen and oxygen atoms in total. The zero-order valence-electron chi connectivity index (χ0n) is 7.87. The Labute approximate surface area is 73.7 Å². The van der Waals surface area contributed by atoms with E-state index in [1.807, 2.05) is 25.5 Å². The van der Waals surface area contributed by atoms with E-state index in [4.69, 9.17) is 4.74 Å². The lowest BCUT2D eigenvalue weighted by Gasteiger charge is -2.28. The smallest absolute Gasteiger partial charge is 0.210 e. The minimum atomic E-state index is 0.432. The molecule has 0 amide bonds. The van der Waals surface area contributed by atoms with Gasteiger partial charge in [-0.2, -0.15) is 0 Å². The van der Waals surface area contributed by atoms with Crippen molar-refractivity contribution < 1.29 is 4.74 Å². The normalized spacial score (nSPS) is 16.0. The topological polar surface area (TPSA) is 24.5 Å². The van der Waals surface area contributed by atoms with Crippen molar-refractivity contribution in [1.29, 1.82) is 0 Å². The van der Waals surface area contributed by atoms with Gasteiger partial charge in [0.2, 0.25) is 5.88 Å². The van der Waals surface area contributed by atoms with E-state index in [-0.39, 0.29) is 0 Å². The molecule has 1 rings (SSSR count). The van der Waals surface area contributed by atoms with Crippen molar-refractivity contribution in [3.63, 3.8) is 0 Å². The molecule has 68 valence electrons. The molecule has 0 spiro atoms. The number of hydrogen-bond donors (Lipinski definition) is 1. The number of nitrogens with one attached hydrogen (secondary N) is 1. The minimum Gasteiger partial charge on any atom is -0.478 e. The molecule has 12 heavy (non-hydrogen) atoms. The van der Waals surface area contributed by atoms with Crippen LogP contribution in [0.5, 0.6) is 0 Å². The molecular weight excluding hydrogens is 152 g/mol. The fourth-order valence-corrected chi connectivity index (χ4v) is 1.08. The van der Waals surface area contributed by atoms with Gasteiger partial charge in [-0.1, -0.05) is 0 Å². The molecule has 1 aliphatic rings. The molecule has 0 fully saturated rings. The van der Waals surface area contributed by atoms with Crippen LogP contribution in [0, 0.1) is 0 Å². The number of hydrogen-bond acceptors (Lipinski definition) is 3. The Morgan fingerprint density at radius 3 is 2.92 bits per heavy atom. The Balaban J connectivity index is 2.62. The van der Waals surface area contributed by atoms with Gasteiger partial charge in [0.1, 0.15) is 0 Å². The highest BCUT2D eigenvalue weighted by atomic mass is 16.5. The van der Waals surface area contributed by atoms with Crippen molar-refractivity contribution in [2.24, 2.45) is 0 Å². The Kier molecular flexibility index (Phi) is 3.02. The molecular formula is C9H16N2O. The lowest BCUT2D eigenvalue weighted by atomic mass is 10.3. The van der Waals surface area contributed by atoms with Crippen LogP contribution in [-0.2, 0) is 4.74 Å². The number of ether oxygens (including phenoxy) is 1. The molecule has 0 aromatic heterocycles. The van der Waals surface area contributed by atoms with E-state index in [0.717, 1.165) is 5.88 Å². The van der Waals surface area contributed by atoms with E-state index in [1.165, 1.54) is 0 Å². The van der Waals surface area contributed by atoms with E-state index < -0.39 is 0 Å². The van der Waals surface area contributed by atoms with Gasteiger partial charge in [-0.3, -0.25) is 0 Å². The molecule has 0 bridgehead atoms. The maximum Gasteiger partial charge on any atom is 0.210 e. The van der Waals surface area contributed by atoms with Crippen molar-refractivity contribution >= 4 is 0 Å². The Morgan fingerprint density at radius 2 is 2.33 bits per heavy atom. The number of nitrogens with zero attached hydrogens (tertiary/aromatic N) is 1. The summed E-state index contributed by atoms with van der Waals surface area (Å²) in [6, 6.07) is 0.432. The van der Waals surface area contributed by atoms with Gasteiger partial charge >= 0.3 is 0 Å². The highest BCUT2D eigenvalue weighted by Gasteiger charge is 2.13. The van der Waals surface area contributed by atoms with E-state index >= 15 is 0 Å². The quantitative estimate of drug-likeness (QED) is 0.692. The largest absolute Gasteiger partial charge is 0.478 e. The third-order valence-electron chi connectivity index (χ3n) is 1.64. The average molecular weight is 168 g/mol. The molecule has 0 saturated carbocycles. The highest BCUT2D eigenvalue weighted by molar-refractivity contribution is 5.06. The predicted molar refractivity (Wildman–Crippen MR) is 49.0 cm³/mol. The Hall–Kier alpha value is -1.12. The van der Waals surface area contributed by atoms with Crippen LogP contribution in [0.3, 0.4) is 0 Å². The van der Waals surface area contributed by atoms with Crippen molar-refractivity contribution in [2.45, 2.75) is 26.8 Å². The van der Waals surface area contributed by atoms with Crippen LogP contribution in [-0.4, -0.2) is 17.5 Å². The lowest BCUT2D eigenvalue weighted by Crippen LogP contribution is -2.30. The first-order valence-corrected chi connectivity index (χ1v) is 4.29. The summed E-state index contributed by atoms with van der Waals surface area (Å²) in [6.07, 6.45) is 5.74. The summed E-state index contributed by atoms with van der Waals surface area (Å²) in [5, 5.41) is 3.00. The first-order valence-electron chi connectivity index (χ1n) is 4.29. The minimum absolute atomic E-state index is 0.432. The average Bonchev–Trinajstić information content (AvgIpc) is 2.05. The summed E-state index contributed by atoms with van der Waals surface area (Å²) in [6.45, 7) is 6.94. The fourth-order valence-electron chi connectivity index (χ4n) is 1.08. The Bertz CT molecular complexity index is 197. The van der Waals surface area contributed by atoms with E-state index in [9.17, 15) is 0 Å². The number of rotatable bonds is 3. The summed E-state index contributed by atoms with van der Waals surface area (Å²) in [5.74, 6) is 0.884. The monoisotopic (exact) mass is 168 g/mol. The van der Waals surface area contributed by atoms with Crippen molar-refractivity contribution in [1.82, 2.24) is 10.2 Å².